The summed E-state index contributed by atoms with van der Waals surface area (Å²) in [5.74, 6) is 0.816. The maximum Gasteiger partial charge on any atom is 0.0735 e. The van der Waals surface area contributed by atoms with E-state index in [-0.39, 0.29) is 0 Å². The highest BCUT2D eigenvalue weighted by Crippen LogP contribution is 2.23. The molecule has 0 saturated heterocycles. The van der Waals surface area contributed by atoms with Crippen LogP contribution in [0, 0.1) is 0 Å². The smallest absolute Gasteiger partial charge is 0.0735 e. The number of nitrogens with two attached hydrogens (primary N) is 1. The summed E-state index contributed by atoms with van der Waals surface area (Å²) >= 11 is 1.75. The van der Waals surface area contributed by atoms with Crippen molar-refractivity contribution < 1.29 is 0 Å². The molecule has 0 aliphatic rings. The van der Waals surface area contributed by atoms with E-state index in [0.29, 0.717) is 0 Å². The molecule has 2 aromatic rings. The molecule has 1 aromatic heterocycles. The Morgan fingerprint density at radius 3 is 2.60 bits per heavy atom. The summed E-state index contributed by atoms with van der Waals surface area (Å²) in [5, 5.41) is 0. The van der Waals surface area contributed by atoms with Crippen LogP contribution in [0.25, 0.3) is 0 Å². The molecule has 0 spiro atoms. The Morgan fingerprint density at radius 1 is 1.07 bits per heavy atom. The maximum atomic E-state index is 5.81. The molecule has 0 atom stereocenters. The number of nitrogen functional groups attached to an aromatic ring is 1. The fraction of sp³-hybridized carbons (Fsp3) is 0.0833. The maximum absolute atomic E-state index is 5.81. The van der Waals surface area contributed by atoms with Gasteiger partial charge in [0.25, 0.3) is 0 Å². The van der Waals surface area contributed by atoms with Crippen molar-refractivity contribution in [2.24, 2.45) is 0 Å². The lowest BCUT2D eigenvalue weighted by molar-refractivity contribution is 1.18. The minimum absolute atomic E-state index is 0.765. The van der Waals surface area contributed by atoms with Crippen molar-refractivity contribution in [2.45, 2.75) is 10.6 Å². The minimum atomic E-state index is 0.765. The first-order valence-electron chi connectivity index (χ1n) is 4.73. The van der Waals surface area contributed by atoms with Gasteiger partial charge in [-0.1, -0.05) is 18.2 Å². The molecule has 0 saturated carbocycles. The fourth-order valence-electron chi connectivity index (χ4n) is 1.24. The van der Waals surface area contributed by atoms with Crippen LogP contribution in [-0.4, -0.2) is 4.98 Å². The average molecular weight is 216 g/mol. The van der Waals surface area contributed by atoms with E-state index in [1.54, 1.807) is 18.0 Å². The highest BCUT2D eigenvalue weighted by molar-refractivity contribution is 7.98. The Hall–Kier alpha value is -1.48. The Bertz CT molecular complexity index is 429. The lowest BCUT2D eigenvalue weighted by Crippen LogP contribution is -1.94. The molecule has 15 heavy (non-hydrogen) atoms. The van der Waals surface area contributed by atoms with Gasteiger partial charge in [0, 0.05) is 16.8 Å². The second kappa shape index (κ2) is 4.84. The molecule has 0 bridgehead atoms. The van der Waals surface area contributed by atoms with E-state index in [1.807, 2.05) is 30.3 Å². The standard InChI is InChI=1S/C12H12N2S/c13-11-7-4-8-14-12(11)9-15-10-5-2-1-3-6-10/h1-8H,9,13H2. The SMILES string of the molecule is Nc1cccnc1CSc1ccccc1. The molecular weight excluding hydrogens is 204 g/mol. The van der Waals surface area contributed by atoms with Crippen LogP contribution in [0.2, 0.25) is 0 Å². The van der Waals surface area contributed by atoms with Crippen molar-refractivity contribution in [3.8, 4) is 0 Å². The molecule has 0 aliphatic heterocycles. The first-order chi connectivity index (χ1) is 7.36. The van der Waals surface area contributed by atoms with Gasteiger partial charge in [0.2, 0.25) is 0 Å². The van der Waals surface area contributed by atoms with Gasteiger partial charge < -0.3 is 5.73 Å². The number of benzene rings is 1. The predicted octanol–water partition coefficient (Wildman–Crippen LogP) is 2.96. The van der Waals surface area contributed by atoms with Crippen LogP contribution >= 0.6 is 11.8 Å². The van der Waals surface area contributed by atoms with E-state index in [1.165, 1.54) is 4.90 Å². The van der Waals surface area contributed by atoms with Gasteiger partial charge in [-0.3, -0.25) is 4.98 Å². The summed E-state index contributed by atoms with van der Waals surface area (Å²) in [5.41, 5.74) is 7.52. The molecule has 0 unspecified atom stereocenters. The largest absolute Gasteiger partial charge is 0.397 e. The third-order valence-corrected chi connectivity index (χ3v) is 3.07. The number of anilines is 1. The van der Waals surface area contributed by atoms with Crippen LogP contribution < -0.4 is 5.73 Å². The van der Waals surface area contributed by atoms with Crippen molar-refractivity contribution in [1.82, 2.24) is 4.98 Å². The monoisotopic (exact) mass is 216 g/mol. The van der Waals surface area contributed by atoms with Crippen LogP contribution in [-0.2, 0) is 5.75 Å². The van der Waals surface area contributed by atoms with E-state index >= 15 is 0 Å². The molecule has 0 fully saturated rings. The van der Waals surface area contributed by atoms with Gasteiger partial charge in [0.1, 0.15) is 0 Å². The number of pyridine rings is 1. The van der Waals surface area contributed by atoms with Crippen molar-refractivity contribution in [1.29, 1.82) is 0 Å². The number of rotatable bonds is 3. The minimum Gasteiger partial charge on any atom is -0.397 e. The highest BCUT2D eigenvalue weighted by atomic mass is 32.2. The Balaban J connectivity index is 2.03. The van der Waals surface area contributed by atoms with Crippen LogP contribution in [0.5, 0.6) is 0 Å². The molecule has 0 aliphatic carbocycles. The van der Waals surface area contributed by atoms with E-state index < -0.39 is 0 Å². The Morgan fingerprint density at radius 2 is 1.87 bits per heavy atom. The summed E-state index contributed by atoms with van der Waals surface area (Å²) in [4.78, 5) is 5.49. The third kappa shape index (κ3) is 2.73. The molecule has 2 rings (SSSR count). The van der Waals surface area contributed by atoms with Crippen LogP contribution in [0.15, 0.2) is 53.6 Å². The van der Waals surface area contributed by atoms with Gasteiger partial charge in [-0.2, -0.15) is 0 Å². The first-order valence-corrected chi connectivity index (χ1v) is 5.72. The average Bonchev–Trinajstić information content (AvgIpc) is 2.29. The Kier molecular flexibility index (Phi) is 3.25. The summed E-state index contributed by atoms with van der Waals surface area (Å²) in [7, 11) is 0. The Labute approximate surface area is 93.5 Å². The molecular formula is C12H12N2S. The lowest BCUT2D eigenvalue weighted by atomic mass is 10.3. The van der Waals surface area contributed by atoms with Gasteiger partial charge in [-0.15, -0.1) is 11.8 Å². The second-order valence-corrected chi connectivity index (χ2v) is 4.19. The predicted molar refractivity (Wildman–Crippen MR) is 64.7 cm³/mol. The van der Waals surface area contributed by atoms with Crippen LogP contribution in [0.3, 0.4) is 0 Å². The van der Waals surface area contributed by atoms with Crippen molar-refractivity contribution >= 4 is 17.4 Å². The number of hydrogen-bond acceptors (Lipinski definition) is 3. The van der Waals surface area contributed by atoms with E-state index in [4.69, 9.17) is 5.73 Å². The summed E-state index contributed by atoms with van der Waals surface area (Å²) < 4.78 is 0. The highest BCUT2D eigenvalue weighted by Gasteiger charge is 2.00. The molecule has 1 heterocycles. The molecule has 0 radical (unpaired) electrons. The molecule has 76 valence electrons. The molecule has 2 N–H and O–H groups in total. The van der Waals surface area contributed by atoms with E-state index in [0.717, 1.165) is 17.1 Å². The molecule has 1 aromatic carbocycles. The number of hydrogen-bond donors (Lipinski definition) is 1. The van der Waals surface area contributed by atoms with E-state index in [9.17, 15) is 0 Å². The lowest BCUT2D eigenvalue weighted by Gasteiger charge is -2.03. The van der Waals surface area contributed by atoms with Gasteiger partial charge in [-0.05, 0) is 24.3 Å². The summed E-state index contributed by atoms with van der Waals surface area (Å²) in [6.07, 6.45) is 1.78. The molecule has 2 nitrogen and oxygen atoms in total. The number of aromatic nitrogens is 1. The zero-order chi connectivity index (χ0) is 10.5. The van der Waals surface area contributed by atoms with Crippen molar-refractivity contribution in [3.63, 3.8) is 0 Å². The van der Waals surface area contributed by atoms with Crippen molar-refractivity contribution in [2.75, 3.05) is 5.73 Å². The zero-order valence-electron chi connectivity index (χ0n) is 8.26. The first kappa shape index (κ1) is 10.1. The van der Waals surface area contributed by atoms with Gasteiger partial charge in [0.15, 0.2) is 0 Å². The zero-order valence-corrected chi connectivity index (χ0v) is 9.08. The quantitative estimate of drug-likeness (QED) is 0.802. The van der Waals surface area contributed by atoms with Crippen molar-refractivity contribution in [3.05, 3.63) is 54.4 Å². The van der Waals surface area contributed by atoms with Gasteiger partial charge >= 0.3 is 0 Å². The normalized spacial score (nSPS) is 10.1. The van der Waals surface area contributed by atoms with Gasteiger partial charge in [-0.25, -0.2) is 0 Å². The molecule has 0 amide bonds. The second-order valence-electron chi connectivity index (χ2n) is 3.14. The summed E-state index contributed by atoms with van der Waals surface area (Å²) in [6.45, 7) is 0. The van der Waals surface area contributed by atoms with Crippen LogP contribution in [0.1, 0.15) is 5.69 Å². The molecule has 3 heteroatoms. The topological polar surface area (TPSA) is 38.9 Å². The van der Waals surface area contributed by atoms with Gasteiger partial charge in [0.05, 0.1) is 11.4 Å². The summed E-state index contributed by atoms with van der Waals surface area (Å²) in [6, 6.07) is 14.0. The van der Waals surface area contributed by atoms with E-state index in [2.05, 4.69) is 17.1 Å². The number of thioether (sulfide) groups is 1. The fourth-order valence-corrected chi connectivity index (χ4v) is 2.13. The number of nitrogens with zero attached hydrogens (tertiary/aromatic N) is 1. The third-order valence-electron chi connectivity index (χ3n) is 2.04. The van der Waals surface area contributed by atoms with Crippen LogP contribution in [0.4, 0.5) is 5.69 Å².